The molecule has 0 saturated heterocycles. The number of hydrogen-bond donors (Lipinski definition) is 2. The fourth-order valence-corrected chi connectivity index (χ4v) is 1.34. The Bertz CT molecular complexity index is 374. The zero-order valence-electron chi connectivity index (χ0n) is 10.7. The number of rotatable bonds is 5. The average Bonchev–Trinajstić information content (AvgIpc) is 2.36. The monoisotopic (exact) mass is 237 g/mol. The average molecular weight is 237 g/mol. The van der Waals surface area contributed by atoms with Gasteiger partial charge in [0.15, 0.2) is 0 Å². The van der Waals surface area contributed by atoms with Gasteiger partial charge in [0.1, 0.15) is 11.6 Å². The molecule has 0 unspecified atom stereocenters. The Balaban J connectivity index is 2.57. The van der Waals surface area contributed by atoms with Crippen molar-refractivity contribution in [3.05, 3.63) is 18.3 Å². The number of anilines is 1. The van der Waals surface area contributed by atoms with Crippen LogP contribution in [0.5, 0.6) is 5.75 Å². The molecule has 0 aliphatic rings. The molecule has 1 rings (SSSR count). The van der Waals surface area contributed by atoms with Gasteiger partial charge in [0.05, 0.1) is 18.7 Å². The second-order valence-corrected chi connectivity index (χ2v) is 4.40. The molecule has 1 amide bonds. The first-order chi connectivity index (χ1) is 7.99. The first kappa shape index (κ1) is 13.3. The molecule has 94 valence electrons. The molecule has 0 radical (unpaired) electrons. The van der Waals surface area contributed by atoms with E-state index in [1.165, 1.54) is 0 Å². The number of pyridine rings is 1. The molecule has 17 heavy (non-hydrogen) atoms. The maximum absolute atomic E-state index is 11.6. The zero-order chi connectivity index (χ0) is 12.9. The minimum atomic E-state index is -0.476. The van der Waals surface area contributed by atoms with Crippen LogP contribution in [-0.2, 0) is 4.79 Å². The minimum Gasteiger partial charge on any atom is -0.495 e. The highest BCUT2D eigenvalue weighted by molar-refractivity contribution is 5.82. The summed E-state index contributed by atoms with van der Waals surface area (Å²) in [6.45, 7) is 4.27. The number of nitrogens with one attached hydrogen (secondary N) is 2. The summed E-state index contributed by atoms with van der Waals surface area (Å²) >= 11 is 0. The van der Waals surface area contributed by atoms with E-state index in [1.807, 2.05) is 26.0 Å². The number of carbonyl (C=O) groups excluding carboxylic acids is 1. The first-order valence-electron chi connectivity index (χ1n) is 5.45. The summed E-state index contributed by atoms with van der Waals surface area (Å²) < 4.78 is 5.02. The van der Waals surface area contributed by atoms with Gasteiger partial charge in [-0.05, 0) is 26.0 Å². The van der Waals surface area contributed by atoms with E-state index in [2.05, 4.69) is 15.6 Å². The Morgan fingerprint density at radius 3 is 2.65 bits per heavy atom. The molecule has 1 aromatic heterocycles. The van der Waals surface area contributed by atoms with Crippen molar-refractivity contribution in [2.75, 3.05) is 26.0 Å². The molecule has 0 bridgehead atoms. The molecule has 0 aliphatic carbocycles. The maximum atomic E-state index is 11.6. The van der Waals surface area contributed by atoms with Gasteiger partial charge in [-0.2, -0.15) is 0 Å². The van der Waals surface area contributed by atoms with Crippen molar-refractivity contribution in [1.29, 1.82) is 0 Å². The first-order valence-corrected chi connectivity index (χ1v) is 5.45. The van der Waals surface area contributed by atoms with Crippen LogP contribution in [-0.4, -0.2) is 31.6 Å². The number of amides is 1. The van der Waals surface area contributed by atoms with E-state index in [1.54, 1.807) is 20.4 Å². The number of hydrogen-bond acceptors (Lipinski definition) is 4. The number of aromatic nitrogens is 1. The smallest absolute Gasteiger partial charge is 0.227 e. The van der Waals surface area contributed by atoms with E-state index in [0.29, 0.717) is 12.3 Å². The van der Waals surface area contributed by atoms with E-state index >= 15 is 0 Å². The molecule has 0 saturated carbocycles. The molecule has 2 N–H and O–H groups in total. The second-order valence-electron chi connectivity index (χ2n) is 4.40. The third-order valence-corrected chi connectivity index (χ3v) is 2.53. The summed E-state index contributed by atoms with van der Waals surface area (Å²) in [5.41, 5.74) is -0.476. The van der Waals surface area contributed by atoms with Crippen molar-refractivity contribution in [2.45, 2.75) is 13.8 Å². The fraction of sp³-hybridized carbons (Fsp3) is 0.500. The Morgan fingerprint density at radius 1 is 1.47 bits per heavy atom. The van der Waals surface area contributed by atoms with Crippen LogP contribution in [0.15, 0.2) is 18.3 Å². The summed E-state index contributed by atoms with van der Waals surface area (Å²) in [5.74, 6) is 1.43. The van der Waals surface area contributed by atoms with E-state index in [0.717, 1.165) is 5.82 Å². The van der Waals surface area contributed by atoms with Crippen molar-refractivity contribution in [3.63, 3.8) is 0 Å². The van der Waals surface area contributed by atoms with Gasteiger partial charge >= 0.3 is 0 Å². The lowest BCUT2D eigenvalue weighted by Crippen LogP contribution is -2.39. The molecule has 5 nitrogen and oxygen atoms in total. The summed E-state index contributed by atoms with van der Waals surface area (Å²) in [6.07, 6.45) is 1.63. The van der Waals surface area contributed by atoms with Crippen LogP contribution in [0.25, 0.3) is 0 Å². The molecular weight excluding hydrogens is 218 g/mol. The van der Waals surface area contributed by atoms with Crippen molar-refractivity contribution >= 4 is 11.7 Å². The highest BCUT2D eigenvalue weighted by Gasteiger charge is 2.26. The second kappa shape index (κ2) is 5.52. The molecule has 0 spiro atoms. The number of methoxy groups -OCH3 is 1. The van der Waals surface area contributed by atoms with Gasteiger partial charge < -0.3 is 15.4 Å². The maximum Gasteiger partial charge on any atom is 0.227 e. The van der Waals surface area contributed by atoms with Gasteiger partial charge in [-0.25, -0.2) is 4.98 Å². The van der Waals surface area contributed by atoms with E-state index < -0.39 is 5.41 Å². The van der Waals surface area contributed by atoms with Crippen LogP contribution in [0, 0.1) is 5.41 Å². The van der Waals surface area contributed by atoms with Gasteiger partial charge in [-0.15, -0.1) is 0 Å². The normalized spacial score (nSPS) is 10.8. The lowest BCUT2D eigenvalue weighted by atomic mass is 9.92. The van der Waals surface area contributed by atoms with Gasteiger partial charge in [0.2, 0.25) is 5.91 Å². The minimum absolute atomic E-state index is 0.00138. The van der Waals surface area contributed by atoms with Crippen LogP contribution >= 0.6 is 0 Å². The predicted octanol–water partition coefficient (Wildman–Crippen LogP) is 1.27. The molecule has 0 aliphatic heterocycles. The lowest BCUT2D eigenvalue weighted by molar-refractivity contribution is -0.128. The van der Waals surface area contributed by atoms with Crippen LogP contribution in [0.1, 0.15) is 13.8 Å². The highest BCUT2D eigenvalue weighted by atomic mass is 16.5. The van der Waals surface area contributed by atoms with Crippen LogP contribution in [0.4, 0.5) is 5.82 Å². The Kier molecular flexibility index (Phi) is 4.31. The van der Waals surface area contributed by atoms with Crippen LogP contribution in [0.2, 0.25) is 0 Å². The lowest BCUT2D eigenvalue weighted by Gasteiger charge is -2.23. The summed E-state index contributed by atoms with van der Waals surface area (Å²) in [5, 5.41) is 5.76. The zero-order valence-corrected chi connectivity index (χ0v) is 10.7. The number of carbonyl (C=O) groups is 1. The van der Waals surface area contributed by atoms with Crippen LogP contribution in [0.3, 0.4) is 0 Å². The van der Waals surface area contributed by atoms with Gasteiger partial charge in [0.25, 0.3) is 0 Å². The number of nitrogens with zero attached hydrogens (tertiary/aromatic N) is 1. The fourth-order valence-electron chi connectivity index (χ4n) is 1.34. The van der Waals surface area contributed by atoms with Crippen molar-refractivity contribution in [2.24, 2.45) is 5.41 Å². The van der Waals surface area contributed by atoms with Crippen molar-refractivity contribution < 1.29 is 9.53 Å². The van der Waals surface area contributed by atoms with E-state index in [4.69, 9.17) is 4.74 Å². The van der Waals surface area contributed by atoms with Gasteiger partial charge in [0, 0.05) is 13.6 Å². The van der Waals surface area contributed by atoms with Gasteiger partial charge in [-0.1, -0.05) is 0 Å². The standard InChI is InChI=1S/C12H19N3O2/c1-12(2,11(16)13-3)8-15-10-6-5-9(17-4)7-14-10/h5-7H,8H2,1-4H3,(H,13,16)(H,14,15). The Hall–Kier alpha value is -1.78. The highest BCUT2D eigenvalue weighted by Crippen LogP contribution is 2.17. The quantitative estimate of drug-likeness (QED) is 0.809. The largest absolute Gasteiger partial charge is 0.495 e. The third-order valence-electron chi connectivity index (χ3n) is 2.53. The molecule has 0 fully saturated rings. The Labute approximate surface area is 102 Å². The molecule has 1 aromatic rings. The third kappa shape index (κ3) is 3.62. The summed E-state index contributed by atoms with van der Waals surface area (Å²) in [7, 11) is 3.23. The SMILES string of the molecule is CNC(=O)C(C)(C)CNc1ccc(OC)cn1. The van der Waals surface area contributed by atoms with E-state index in [9.17, 15) is 4.79 Å². The molecular formula is C12H19N3O2. The van der Waals surface area contributed by atoms with E-state index in [-0.39, 0.29) is 5.91 Å². The van der Waals surface area contributed by atoms with Gasteiger partial charge in [-0.3, -0.25) is 4.79 Å². The predicted molar refractivity (Wildman–Crippen MR) is 67.1 cm³/mol. The molecule has 1 heterocycles. The number of ether oxygens (including phenoxy) is 1. The molecule has 5 heteroatoms. The molecule has 0 atom stereocenters. The summed E-state index contributed by atoms with van der Waals surface area (Å²) in [4.78, 5) is 15.7. The topological polar surface area (TPSA) is 63.2 Å². The van der Waals surface area contributed by atoms with Crippen molar-refractivity contribution in [3.8, 4) is 5.75 Å². The molecule has 0 aromatic carbocycles. The Morgan fingerprint density at radius 2 is 2.18 bits per heavy atom. The van der Waals surface area contributed by atoms with Crippen LogP contribution < -0.4 is 15.4 Å². The van der Waals surface area contributed by atoms with Crippen molar-refractivity contribution in [1.82, 2.24) is 10.3 Å². The summed E-state index contributed by atoms with van der Waals surface area (Å²) in [6, 6.07) is 3.64.